The van der Waals surface area contributed by atoms with Crippen molar-refractivity contribution in [3.05, 3.63) is 64.1 Å². The van der Waals surface area contributed by atoms with Crippen LogP contribution in [-0.2, 0) is 20.7 Å². The average Bonchev–Trinajstić information content (AvgIpc) is 2.70. The number of esters is 1. The standard InChI is InChI=1S/C21H21N3O5/c1-12-8-9-18(28-3)17(10-12)22-20(26)13(2)29-19(25)11-16-14-6-4-5-7-15(14)21(27)24-23-16/h4-10,13H,11H2,1-3H3,(H,22,26)(H,24,27)/t13-/m0/s1. The van der Waals surface area contributed by atoms with Crippen LogP contribution in [0.4, 0.5) is 5.69 Å². The number of fused-ring (bicyclic) bond motifs is 1. The van der Waals surface area contributed by atoms with Crippen LogP contribution < -0.4 is 15.6 Å². The van der Waals surface area contributed by atoms with E-state index in [1.54, 1.807) is 36.4 Å². The summed E-state index contributed by atoms with van der Waals surface area (Å²) in [6.45, 7) is 3.37. The highest BCUT2D eigenvalue weighted by atomic mass is 16.5. The molecule has 0 saturated carbocycles. The van der Waals surface area contributed by atoms with Crippen LogP contribution in [0, 0.1) is 6.92 Å². The van der Waals surface area contributed by atoms with Crippen LogP contribution >= 0.6 is 0 Å². The van der Waals surface area contributed by atoms with E-state index in [1.165, 1.54) is 14.0 Å². The zero-order chi connectivity index (χ0) is 21.0. The summed E-state index contributed by atoms with van der Waals surface area (Å²) in [5, 5.41) is 10.0. The van der Waals surface area contributed by atoms with Crippen molar-refractivity contribution >= 4 is 28.3 Å². The topological polar surface area (TPSA) is 110 Å². The monoisotopic (exact) mass is 395 g/mol. The minimum Gasteiger partial charge on any atom is -0.495 e. The number of aromatic amines is 1. The molecule has 0 aliphatic carbocycles. The SMILES string of the molecule is COc1ccc(C)cc1NC(=O)[C@H](C)OC(=O)Cc1n[nH]c(=O)c2ccccc12. The molecule has 8 nitrogen and oxygen atoms in total. The van der Waals surface area contributed by atoms with Crippen molar-refractivity contribution in [2.45, 2.75) is 26.4 Å². The Morgan fingerprint density at radius 3 is 2.62 bits per heavy atom. The van der Waals surface area contributed by atoms with E-state index < -0.39 is 18.0 Å². The Morgan fingerprint density at radius 2 is 1.90 bits per heavy atom. The van der Waals surface area contributed by atoms with E-state index >= 15 is 0 Å². The van der Waals surface area contributed by atoms with E-state index in [-0.39, 0.29) is 12.0 Å². The number of methoxy groups -OCH3 is 1. The number of nitrogens with one attached hydrogen (secondary N) is 2. The van der Waals surface area contributed by atoms with Crippen LogP contribution in [0.15, 0.2) is 47.3 Å². The molecule has 0 unspecified atom stereocenters. The van der Waals surface area contributed by atoms with Crippen LogP contribution in [0.3, 0.4) is 0 Å². The number of amides is 1. The number of carbonyl (C=O) groups excluding carboxylic acids is 2. The van der Waals surface area contributed by atoms with Gasteiger partial charge in [-0.25, -0.2) is 5.10 Å². The lowest BCUT2D eigenvalue weighted by Crippen LogP contribution is -2.31. The Labute approximate surface area is 166 Å². The fraction of sp³-hybridized carbons (Fsp3) is 0.238. The first-order valence-corrected chi connectivity index (χ1v) is 9.00. The number of aryl methyl sites for hydroxylation is 1. The lowest BCUT2D eigenvalue weighted by molar-refractivity contribution is -0.152. The van der Waals surface area contributed by atoms with Crippen molar-refractivity contribution < 1.29 is 19.1 Å². The third kappa shape index (κ3) is 4.60. The summed E-state index contributed by atoms with van der Waals surface area (Å²) in [5.41, 5.74) is 1.48. The molecular formula is C21H21N3O5. The molecule has 0 radical (unpaired) electrons. The number of hydrogen-bond donors (Lipinski definition) is 2. The summed E-state index contributed by atoms with van der Waals surface area (Å²) >= 11 is 0. The number of nitrogens with zero attached hydrogens (tertiary/aromatic N) is 1. The zero-order valence-electron chi connectivity index (χ0n) is 16.3. The van der Waals surface area contributed by atoms with Gasteiger partial charge in [-0.1, -0.05) is 24.3 Å². The Kier molecular flexibility index (Phi) is 5.92. The van der Waals surface area contributed by atoms with Gasteiger partial charge in [0.25, 0.3) is 11.5 Å². The second kappa shape index (κ2) is 8.55. The maximum Gasteiger partial charge on any atom is 0.312 e. The molecule has 29 heavy (non-hydrogen) atoms. The fourth-order valence-electron chi connectivity index (χ4n) is 2.89. The van der Waals surface area contributed by atoms with E-state index in [4.69, 9.17) is 9.47 Å². The van der Waals surface area contributed by atoms with E-state index in [1.807, 2.05) is 13.0 Å². The van der Waals surface area contributed by atoms with Gasteiger partial charge in [-0.15, -0.1) is 0 Å². The molecular weight excluding hydrogens is 374 g/mol. The fourth-order valence-corrected chi connectivity index (χ4v) is 2.89. The third-order valence-corrected chi connectivity index (χ3v) is 4.38. The molecule has 1 atom stereocenters. The molecule has 0 aliphatic heterocycles. The van der Waals surface area contributed by atoms with Crippen molar-refractivity contribution in [2.75, 3.05) is 12.4 Å². The molecule has 3 rings (SSSR count). The number of ether oxygens (including phenoxy) is 2. The molecule has 0 bridgehead atoms. The Morgan fingerprint density at radius 1 is 1.17 bits per heavy atom. The summed E-state index contributed by atoms with van der Waals surface area (Å²) < 4.78 is 10.5. The summed E-state index contributed by atoms with van der Waals surface area (Å²) in [5.74, 6) is -0.610. The number of aromatic nitrogens is 2. The third-order valence-electron chi connectivity index (χ3n) is 4.38. The normalized spacial score (nSPS) is 11.7. The van der Waals surface area contributed by atoms with Gasteiger partial charge in [0.1, 0.15) is 5.75 Å². The van der Waals surface area contributed by atoms with Crippen molar-refractivity contribution in [3.8, 4) is 5.75 Å². The van der Waals surface area contributed by atoms with Gasteiger partial charge in [-0.2, -0.15) is 5.10 Å². The maximum atomic E-state index is 12.4. The number of hydrogen-bond acceptors (Lipinski definition) is 6. The van der Waals surface area contributed by atoms with Crippen molar-refractivity contribution in [2.24, 2.45) is 0 Å². The van der Waals surface area contributed by atoms with Crippen LogP contribution in [-0.4, -0.2) is 35.3 Å². The zero-order valence-corrected chi connectivity index (χ0v) is 16.3. The molecule has 0 fully saturated rings. The lowest BCUT2D eigenvalue weighted by atomic mass is 10.1. The largest absolute Gasteiger partial charge is 0.495 e. The number of benzene rings is 2. The molecule has 150 valence electrons. The van der Waals surface area contributed by atoms with E-state index in [0.717, 1.165) is 5.56 Å². The highest BCUT2D eigenvalue weighted by Gasteiger charge is 2.20. The van der Waals surface area contributed by atoms with Crippen LogP contribution in [0.25, 0.3) is 10.8 Å². The second-order valence-corrected chi connectivity index (χ2v) is 6.55. The molecule has 1 amide bonds. The second-order valence-electron chi connectivity index (χ2n) is 6.55. The predicted octanol–water partition coefficient (Wildman–Crippen LogP) is 2.35. The number of H-pyrrole nitrogens is 1. The number of anilines is 1. The van der Waals surface area contributed by atoms with Gasteiger partial charge in [0.2, 0.25) is 0 Å². The number of rotatable bonds is 6. The minimum atomic E-state index is -1.03. The first kappa shape index (κ1) is 20.1. The molecule has 2 aromatic carbocycles. The molecule has 1 aromatic heterocycles. The molecule has 3 aromatic rings. The van der Waals surface area contributed by atoms with Gasteiger partial charge in [0.05, 0.1) is 30.3 Å². The van der Waals surface area contributed by atoms with Crippen LogP contribution in [0.2, 0.25) is 0 Å². The molecule has 2 N–H and O–H groups in total. The van der Waals surface area contributed by atoms with Crippen molar-refractivity contribution in [1.82, 2.24) is 10.2 Å². The van der Waals surface area contributed by atoms with Gasteiger partial charge in [0, 0.05) is 5.39 Å². The van der Waals surface area contributed by atoms with Gasteiger partial charge in [-0.3, -0.25) is 14.4 Å². The summed E-state index contributed by atoms with van der Waals surface area (Å²) in [4.78, 5) is 36.6. The van der Waals surface area contributed by atoms with Gasteiger partial charge >= 0.3 is 5.97 Å². The first-order chi connectivity index (χ1) is 13.9. The van der Waals surface area contributed by atoms with E-state index in [2.05, 4.69) is 15.5 Å². The smallest absolute Gasteiger partial charge is 0.312 e. The molecule has 0 spiro atoms. The molecule has 0 aliphatic rings. The predicted molar refractivity (Wildman–Crippen MR) is 108 cm³/mol. The van der Waals surface area contributed by atoms with E-state index in [9.17, 15) is 14.4 Å². The van der Waals surface area contributed by atoms with E-state index in [0.29, 0.717) is 27.9 Å². The number of carbonyl (C=O) groups is 2. The summed E-state index contributed by atoms with van der Waals surface area (Å²) in [6.07, 6.45) is -1.20. The van der Waals surface area contributed by atoms with Crippen LogP contribution in [0.1, 0.15) is 18.2 Å². The van der Waals surface area contributed by atoms with Gasteiger partial charge in [-0.05, 0) is 37.6 Å². The molecule has 1 heterocycles. The summed E-state index contributed by atoms with van der Waals surface area (Å²) in [7, 11) is 1.51. The van der Waals surface area contributed by atoms with Crippen LogP contribution in [0.5, 0.6) is 5.75 Å². The maximum absolute atomic E-state index is 12.4. The van der Waals surface area contributed by atoms with Gasteiger partial charge in [0.15, 0.2) is 6.10 Å². The highest BCUT2D eigenvalue weighted by molar-refractivity contribution is 5.96. The Bertz CT molecular complexity index is 1120. The Balaban J connectivity index is 1.68. The van der Waals surface area contributed by atoms with Crippen molar-refractivity contribution in [1.29, 1.82) is 0 Å². The highest BCUT2D eigenvalue weighted by Crippen LogP contribution is 2.25. The average molecular weight is 395 g/mol. The quantitative estimate of drug-likeness (QED) is 0.620. The molecule has 8 heteroatoms. The van der Waals surface area contributed by atoms with Crippen molar-refractivity contribution in [3.63, 3.8) is 0 Å². The Hall–Kier alpha value is -3.68. The molecule has 0 saturated heterocycles. The minimum absolute atomic E-state index is 0.178. The van der Waals surface area contributed by atoms with Gasteiger partial charge < -0.3 is 14.8 Å². The first-order valence-electron chi connectivity index (χ1n) is 9.00. The summed E-state index contributed by atoms with van der Waals surface area (Å²) in [6, 6.07) is 12.2. The lowest BCUT2D eigenvalue weighted by Gasteiger charge is -2.15.